The maximum Gasteiger partial charge on any atom is 0.168 e. The minimum absolute atomic E-state index is 0.357. The van der Waals surface area contributed by atoms with Gasteiger partial charge in [0.25, 0.3) is 0 Å². The van der Waals surface area contributed by atoms with Crippen molar-refractivity contribution in [1.29, 1.82) is 0 Å². The Morgan fingerprint density at radius 3 is 2.48 bits per heavy atom. The van der Waals surface area contributed by atoms with Crippen molar-refractivity contribution in [3.05, 3.63) is 30.3 Å². The van der Waals surface area contributed by atoms with Crippen LogP contribution in [-0.4, -0.2) is 26.8 Å². The van der Waals surface area contributed by atoms with E-state index in [4.69, 9.17) is 15.2 Å². The molecule has 4 heteroatoms. The van der Waals surface area contributed by atoms with Crippen molar-refractivity contribution in [2.75, 3.05) is 26.1 Å². The maximum absolute atomic E-state index is 5.58. The first kappa shape index (κ1) is 15.4. The molecule has 4 nitrogen and oxygen atoms in total. The largest absolute Gasteiger partial charge is 0.493 e. The van der Waals surface area contributed by atoms with Gasteiger partial charge in [-0.25, -0.2) is 0 Å². The van der Waals surface area contributed by atoms with E-state index in [1.165, 1.54) is 0 Å². The molecule has 2 aromatic rings. The molecule has 3 N–H and O–H groups in total. The normalized spacial score (nSPS) is 12.2. The zero-order valence-electron chi connectivity index (χ0n) is 13.0. The van der Waals surface area contributed by atoms with Gasteiger partial charge in [-0.15, -0.1) is 0 Å². The summed E-state index contributed by atoms with van der Waals surface area (Å²) < 4.78 is 11.0. The van der Waals surface area contributed by atoms with E-state index < -0.39 is 0 Å². The second-order valence-electron chi connectivity index (χ2n) is 5.18. The van der Waals surface area contributed by atoms with E-state index in [2.05, 4.69) is 18.3 Å². The lowest BCUT2D eigenvalue weighted by atomic mass is 10.1. The predicted molar refractivity (Wildman–Crippen MR) is 88.4 cm³/mol. The Kier molecular flexibility index (Phi) is 5.28. The number of fused-ring (bicyclic) bond motifs is 1. The number of anilines is 1. The smallest absolute Gasteiger partial charge is 0.168 e. The molecule has 2 aromatic carbocycles. The summed E-state index contributed by atoms with van der Waals surface area (Å²) in [5, 5.41) is 5.74. The van der Waals surface area contributed by atoms with Crippen molar-refractivity contribution >= 4 is 16.5 Å². The van der Waals surface area contributed by atoms with E-state index in [1.54, 1.807) is 14.2 Å². The highest BCUT2D eigenvalue weighted by molar-refractivity contribution is 6.00. The summed E-state index contributed by atoms with van der Waals surface area (Å²) in [4.78, 5) is 0. The minimum Gasteiger partial charge on any atom is -0.493 e. The van der Waals surface area contributed by atoms with Crippen LogP contribution in [0.1, 0.15) is 19.8 Å². The van der Waals surface area contributed by atoms with Crippen LogP contribution in [-0.2, 0) is 0 Å². The van der Waals surface area contributed by atoms with Gasteiger partial charge >= 0.3 is 0 Å². The van der Waals surface area contributed by atoms with Gasteiger partial charge in [0.05, 0.1) is 14.2 Å². The first-order valence-electron chi connectivity index (χ1n) is 7.31. The molecule has 0 heterocycles. The SMILES string of the molecule is COc1cc(N[C@H](C)CCCN)c2ccccc2c1OC. The molecule has 0 fully saturated rings. The number of hydrogen-bond donors (Lipinski definition) is 2. The highest BCUT2D eigenvalue weighted by Crippen LogP contribution is 2.40. The molecule has 114 valence electrons. The van der Waals surface area contributed by atoms with Crippen molar-refractivity contribution in [3.63, 3.8) is 0 Å². The van der Waals surface area contributed by atoms with Crippen molar-refractivity contribution in [1.82, 2.24) is 0 Å². The van der Waals surface area contributed by atoms with Gasteiger partial charge in [0.15, 0.2) is 11.5 Å². The molecule has 2 rings (SSSR count). The summed E-state index contributed by atoms with van der Waals surface area (Å²) in [7, 11) is 3.33. The van der Waals surface area contributed by atoms with E-state index in [9.17, 15) is 0 Å². The molecule has 0 saturated carbocycles. The van der Waals surface area contributed by atoms with Crippen LogP contribution in [0.15, 0.2) is 30.3 Å². The lowest BCUT2D eigenvalue weighted by Gasteiger charge is -2.19. The Balaban J connectivity index is 2.43. The number of nitrogens with one attached hydrogen (secondary N) is 1. The van der Waals surface area contributed by atoms with Gasteiger partial charge in [-0.2, -0.15) is 0 Å². The molecule has 21 heavy (non-hydrogen) atoms. The lowest BCUT2D eigenvalue weighted by Crippen LogP contribution is -2.17. The molecule has 0 aliphatic rings. The summed E-state index contributed by atoms with van der Waals surface area (Å²) in [6.07, 6.45) is 2.05. The summed E-state index contributed by atoms with van der Waals surface area (Å²) in [5.41, 5.74) is 6.64. The second-order valence-corrected chi connectivity index (χ2v) is 5.18. The molecule has 0 saturated heterocycles. The standard InChI is InChI=1S/C17H24N2O2/c1-12(7-6-10-18)19-15-11-16(20-2)17(21-3)14-9-5-4-8-13(14)15/h4-5,8-9,11-12,19H,6-7,10,18H2,1-3H3/t12-/m1/s1. The molecular weight excluding hydrogens is 264 g/mol. The average Bonchev–Trinajstić information content (AvgIpc) is 2.52. The molecule has 0 bridgehead atoms. The fourth-order valence-corrected chi connectivity index (χ4v) is 2.57. The topological polar surface area (TPSA) is 56.5 Å². The molecular formula is C17H24N2O2. The molecule has 0 aromatic heterocycles. The van der Waals surface area contributed by atoms with E-state index in [0.717, 1.165) is 47.3 Å². The van der Waals surface area contributed by atoms with Gasteiger partial charge in [-0.3, -0.25) is 0 Å². The van der Waals surface area contributed by atoms with Gasteiger partial charge in [-0.05, 0) is 26.3 Å². The molecule has 0 aliphatic heterocycles. The Labute approximate surface area is 126 Å². The average molecular weight is 288 g/mol. The fraction of sp³-hybridized carbons (Fsp3) is 0.412. The third kappa shape index (κ3) is 3.39. The van der Waals surface area contributed by atoms with Crippen LogP contribution < -0.4 is 20.5 Å². The van der Waals surface area contributed by atoms with Gasteiger partial charge in [0.1, 0.15) is 0 Å². The molecule has 0 radical (unpaired) electrons. The van der Waals surface area contributed by atoms with Crippen LogP contribution >= 0.6 is 0 Å². The Morgan fingerprint density at radius 2 is 1.86 bits per heavy atom. The van der Waals surface area contributed by atoms with Gasteiger partial charge in [0.2, 0.25) is 0 Å². The summed E-state index contributed by atoms with van der Waals surface area (Å²) in [6, 6.07) is 10.5. The Bertz CT molecular complexity index is 599. The first-order valence-corrected chi connectivity index (χ1v) is 7.31. The molecule has 1 atom stereocenters. The van der Waals surface area contributed by atoms with E-state index in [-0.39, 0.29) is 0 Å². The van der Waals surface area contributed by atoms with Crippen molar-refractivity contribution in [3.8, 4) is 11.5 Å². The van der Waals surface area contributed by atoms with Gasteiger partial charge in [0, 0.05) is 28.6 Å². The lowest BCUT2D eigenvalue weighted by molar-refractivity contribution is 0.358. The van der Waals surface area contributed by atoms with E-state index in [0.29, 0.717) is 6.04 Å². The number of hydrogen-bond acceptors (Lipinski definition) is 4. The first-order chi connectivity index (χ1) is 10.2. The molecule has 0 spiro atoms. The van der Waals surface area contributed by atoms with Crippen molar-refractivity contribution < 1.29 is 9.47 Å². The third-order valence-corrected chi connectivity index (χ3v) is 3.63. The highest BCUT2D eigenvalue weighted by atomic mass is 16.5. The zero-order valence-corrected chi connectivity index (χ0v) is 13.0. The number of benzene rings is 2. The molecule has 0 amide bonds. The highest BCUT2D eigenvalue weighted by Gasteiger charge is 2.14. The van der Waals surface area contributed by atoms with Crippen LogP contribution in [0.2, 0.25) is 0 Å². The van der Waals surface area contributed by atoms with Crippen LogP contribution in [0.4, 0.5) is 5.69 Å². The summed E-state index contributed by atoms with van der Waals surface area (Å²) >= 11 is 0. The molecule has 0 aliphatic carbocycles. The van der Waals surface area contributed by atoms with Crippen molar-refractivity contribution in [2.45, 2.75) is 25.8 Å². The summed E-state index contributed by atoms with van der Waals surface area (Å²) in [6.45, 7) is 2.89. The predicted octanol–water partition coefficient (Wildman–Crippen LogP) is 3.40. The van der Waals surface area contributed by atoms with Crippen LogP contribution in [0, 0.1) is 0 Å². The third-order valence-electron chi connectivity index (χ3n) is 3.63. The van der Waals surface area contributed by atoms with E-state index >= 15 is 0 Å². The number of methoxy groups -OCH3 is 2. The minimum atomic E-state index is 0.357. The summed E-state index contributed by atoms with van der Waals surface area (Å²) in [5.74, 6) is 1.51. The van der Waals surface area contributed by atoms with Crippen LogP contribution in [0.3, 0.4) is 0 Å². The number of rotatable bonds is 7. The van der Waals surface area contributed by atoms with Crippen LogP contribution in [0.5, 0.6) is 11.5 Å². The number of nitrogens with two attached hydrogens (primary N) is 1. The maximum atomic E-state index is 5.58. The molecule has 0 unspecified atom stereocenters. The Morgan fingerprint density at radius 1 is 1.14 bits per heavy atom. The zero-order chi connectivity index (χ0) is 15.2. The quantitative estimate of drug-likeness (QED) is 0.820. The van der Waals surface area contributed by atoms with Crippen LogP contribution in [0.25, 0.3) is 10.8 Å². The number of ether oxygens (including phenoxy) is 2. The van der Waals surface area contributed by atoms with E-state index in [1.807, 2.05) is 24.3 Å². The van der Waals surface area contributed by atoms with Gasteiger partial charge in [-0.1, -0.05) is 24.3 Å². The second kappa shape index (κ2) is 7.18. The fourth-order valence-electron chi connectivity index (χ4n) is 2.57. The monoisotopic (exact) mass is 288 g/mol. The van der Waals surface area contributed by atoms with Gasteiger partial charge < -0.3 is 20.5 Å². The van der Waals surface area contributed by atoms with Crippen molar-refractivity contribution in [2.24, 2.45) is 5.73 Å². The Hall–Kier alpha value is -1.94.